The number of amides is 1. The SMILES string of the molecule is CNC(=O)c1c(-c2ccc(F)cc2)oc2cc(N(C)S(C)(=O)=O)c(OC)cc12.O=C([O-])[O-].[K+].[K+]. The summed E-state index contributed by atoms with van der Waals surface area (Å²) in [4.78, 5) is 20.9. The molecule has 0 atom stereocenters. The van der Waals surface area contributed by atoms with E-state index in [2.05, 4.69) is 5.32 Å². The molecule has 0 aliphatic rings. The van der Waals surface area contributed by atoms with E-state index in [1.165, 1.54) is 51.5 Å². The first-order valence-corrected chi connectivity index (χ1v) is 10.7. The minimum atomic E-state index is -3.55. The summed E-state index contributed by atoms with van der Waals surface area (Å²) in [5, 5.41) is 19.7. The number of halogens is 1. The Kier molecular flexibility index (Phi) is 14.1. The van der Waals surface area contributed by atoms with Crippen LogP contribution < -0.4 is 127 Å². The average Bonchev–Trinajstić information content (AvgIpc) is 3.09. The van der Waals surface area contributed by atoms with Gasteiger partial charge >= 0.3 is 103 Å². The van der Waals surface area contributed by atoms with E-state index in [1.54, 1.807) is 6.07 Å². The minimum Gasteiger partial charge on any atom is -0.652 e. The molecule has 3 rings (SSSR count). The zero-order valence-electron chi connectivity index (χ0n) is 19.5. The van der Waals surface area contributed by atoms with Crippen molar-refractivity contribution in [3.8, 4) is 17.1 Å². The maximum absolute atomic E-state index is 13.3. The van der Waals surface area contributed by atoms with Crippen molar-refractivity contribution in [2.24, 2.45) is 0 Å². The number of methoxy groups -OCH3 is 1. The molecule has 0 bridgehead atoms. The fraction of sp³-hybridized carbons (Fsp3) is 0.200. The molecule has 0 aliphatic heterocycles. The number of nitrogens with one attached hydrogen (secondary N) is 1. The number of furan rings is 1. The molecule has 2 aromatic carbocycles. The largest absolute Gasteiger partial charge is 1.00 e. The molecule has 0 spiro atoms. The first kappa shape index (κ1) is 33.5. The number of sulfonamides is 1. The van der Waals surface area contributed by atoms with Crippen molar-refractivity contribution >= 4 is 38.7 Å². The summed E-state index contributed by atoms with van der Waals surface area (Å²) < 4.78 is 49.5. The van der Waals surface area contributed by atoms with Gasteiger partial charge < -0.3 is 29.5 Å². The van der Waals surface area contributed by atoms with Gasteiger partial charge in [0, 0.05) is 31.1 Å². The van der Waals surface area contributed by atoms with Crippen molar-refractivity contribution in [3.05, 3.63) is 47.8 Å². The summed E-state index contributed by atoms with van der Waals surface area (Å²) in [6.07, 6.45) is -1.27. The second kappa shape index (κ2) is 14.3. The third-order valence-electron chi connectivity index (χ3n) is 4.39. The van der Waals surface area contributed by atoms with Crippen LogP contribution >= 0.6 is 0 Å². The van der Waals surface area contributed by atoms with Gasteiger partial charge in [-0.2, -0.15) is 0 Å². The van der Waals surface area contributed by atoms with E-state index in [0.29, 0.717) is 16.5 Å². The third-order valence-corrected chi connectivity index (χ3v) is 5.58. The van der Waals surface area contributed by atoms with Gasteiger partial charge in [0.2, 0.25) is 10.0 Å². The van der Waals surface area contributed by atoms with Crippen LogP contribution in [-0.2, 0) is 10.0 Å². The van der Waals surface area contributed by atoms with Gasteiger partial charge in [0.15, 0.2) is 0 Å². The number of carbonyl (C=O) groups is 2. The first-order chi connectivity index (χ1) is 14.9. The number of benzene rings is 2. The monoisotopic (exact) mass is 544 g/mol. The number of carbonyl (C=O) groups excluding carboxylic acids is 2. The van der Waals surface area contributed by atoms with Crippen LogP contribution in [0.25, 0.3) is 22.3 Å². The summed E-state index contributed by atoms with van der Waals surface area (Å²) in [5.41, 5.74) is 1.31. The topological polar surface area (TPSA) is 152 Å². The van der Waals surface area contributed by atoms with E-state index in [-0.39, 0.29) is 126 Å². The van der Waals surface area contributed by atoms with Crippen molar-refractivity contribution in [1.29, 1.82) is 0 Å². The zero-order chi connectivity index (χ0) is 24.2. The maximum Gasteiger partial charge on any atom is 1.00 e. The molecule has 0 fully saturated rings. The zero-order valence-corrected chi connectivity index (χ0v) is 26.5. The predicted octanol–water partition coefficient (Wildman–Crippen LogP) is -5.44. The third kappa shape index (κ3) is 8.26. The summed E-state index contributed by atoms with van der Waals surface area (Å²) in [6, 6.07) is 8.57. The molecule has 3 aromatic rings. The summed E-state index contributed by atoms with van der Waals surface area (Å²) in [6.45, 7) is 0. The molecule has 1 amide bonds. The van der Waals surface area contributed by atoms with Gasteiger partial charge in [-0.05, 0) is 36.5 Å². The summed E-state index contributed by atoms with van der Waals surface area (Å²) >= 11 is 0. The van der Waals surface area contributed by atoms with Crippen molar-refractivity contribution in [3.63, 3.8) is 0 Å². The van der Waals surface area contributed by atoms with Gasteiger partial charge in [0.25, 0.3) is 5.91 Å². The fourth-order valence-electron chi connectivity index (χ4n) is 2.86. The number of hydrogen-bond acceptors (Lipinski definition) is 8. The van der Waals surface area contributed by atoms with Crippen LogP contribution in [0, 0.1) is 5.82 Å². The van der Waals surface area contributed by atoms with Crippen LogP contribution in [-0.4, -0.2) is 47.9 Å². The van der Waals surface area contributed by atoms with E-state index in [4.69, 9.17) is 24.2 Å². The molecule has 0 saturated heterocycles. The Morgan fingerprint density at radius 2 is 1.65 bits per heavy atom. The van der Waals surface area contributed by atoms with E-state index in [1.807, 2.05) is 0 Å². The molecule has 0 aliphatic carbocycles. The van der Waals surface area contributed by atoms with Gasteiger partial charge in [0.1, 0.15) is 22.9 Å². The summed E-state index contributed by atoms with van der Waals surface area (Å²) in [5.74, 6) is -0.308. The summed E-state index contributed by atoms with van der Waals surface area (Å²) in [7, 11) is 0.733. The second-order valence-corrected chi connectivity index (χ2v) is 8.41. The number of rotatable bonds is 5. The molecule has 0 unspecified atom stereocenters. The Balaban J connectivity index is 0.00000168. The van der Waals surface area contributed by atoms with Crippen LogP contribution in [0.5, 0.6) is 5.75 Å². The maximum atomic E-state index is 13.3. The molecular weight excluding hydrogens is 525 g/mol. The van der Waals surface area contributed by atoms with E-state index < -0.39 is 27.9 Å². The normalized spacial score (nSPS) is 10.1. The standard InChI is InChI=1S/C19H19FN2O5S.CH2O3.2K/c1-21-19(23)17-13-9-16(26-3)14(22(2)28(4,24)25)10-15(13)27-18(17)11-5-7-12(20)8-6-11;2-1(3)4;;/h5-10H,1-4H3,(H,21,23);(H2,2,3,4);;/q;;2*+1/p-2. The Labute approximate surface area is 280 Å². The van der Waals surface area contributed by atoms with Crippen molar-refractivity contribution in [2.75, 3.05) is 31.8 Å². The van der Waals surface area contributed by atoms with Gasteiger partial charge in [-0.1, -0.05) is 0 Å². The molecule has 0 radical (unpaired) electrons. The fourth-order valence-corrected chi connectivity index (χ4v) is 3.36. The second-order valence-electron chi connectivity index (χ2n) is 6.39. The quantitative estimate of drug-likeness (QED) is 0.313. The molecule has 172 valence electrons. The molecule has 1 heterocycles. The van der Waals surface area contributed by atoms with Gasteiger partial charge in [0.05, 0.1) is 24.6 Å². The van der Waals surface area contributed by atoms with Gasteiger partial charge in [-0.15, -0.1) is 0 Å². The van der Waals surface area contributed by atoms with E-state index in [0.717, 1.165) is 10.6 Å². The van der Waals surface area contributed by atoms with Crippen LogP contribution in [0.15, 0.2) is 40.8 Å². The Bertz CT molecular complexity index is 1260. The number of ether oxygens (including phenoxy) is 1. The molecule has 14 heteroatoms. The van der Waals surface area contributed by atoms with E-state index in [9.17, 15) is 17.6 Å². The Morgan fingerprint density at radius 3 is 2.09 bits per heavy atom. The van der Waals surface area contributed by atoms with Crippen LogP contribution in [0.1, 0.15) is 10.4 Å². The number of hydrogen-bond donors (Lipinski definition) is 1. The predicted molar refractivity (Wildman–Crippen MR) is 110 cm³/mol. The van der Waals surface area contributed by atoms with Gasteiger partial charge in [-0.25, -0.2) is 12.8 Å². The molecule has 0 saturated carbocycles. The smallest absolute Gasteiger partial charge is 0.652 e. The number of carboxylic acid groups (broad SMARTS) is 2. The molecule has 1 aromatic heterocycles. The molecular formula is C20H19FK2N2O8S. The number of fused-ring (bicyclic) bond motifs is 1. The number of nitrogens with zero attached hydrogens (tertiary/aromatic N) is 1. The van der Waals surface area contributed by atoms with Crippen LogP contribution in [0.2, 0.25) is 0 Å². The Morgan fingerprint density at radius 1 is 1.12 bits per heavy atom. The van der Waals surface area contributed by atoms with Crippen molar-refractivity contribution in [1.82, 2.24) is 5.32 Å². The molecule has 34 heavy (non-hydrogen) atoms. The van der Waals surface area contributed by atoms with Crippen LogP contribution in [0.3, 0.4) is 0 Å². The average molecular weight is 545 g/mol. The molecule has 10 nitrogen and oxygen atoms in total. The molecule has 1 N–H and O–H groups in total. The van der Waals surface area contributed by atoms with Crippen LogP contribution in [0.4, 0.5) is 14.9 Å². The van der Waals surface area contributed by atoms with Gasteiger partial charge in [-0.3, -0.25) is 9.10 Å². The van der Waals surface area contributed by atoms with Crippen molar-refractivity contribution in [2.45, 2.75) is 0 Å². The van der Waals surface area contributed by atoms with Crippen molar-refractivity contribution < 1.29 is 145 Å². The minimum absolute atomic E-state index is 0. The Hall–Kier alpha value is -0.527. The first-order valence-electron chi connectivity index (χ1n) is 8.85. The number of anilines is 1. The van der Waals surface area contributed by atoms with E-state index >= 15 is 0 Å².